The Morgan fingerprint density at radius 3 is 1.89 bits per heavy atom. The SMILES string of the molecule is C1=CSSC1.O=C1CCC(=O)N1O.c1ccncc1. The molecule has 0 aliphatic carbocycles. The van der Waals surface area contributed by atoms with Crippen LogP contribution in [0, 0.1) is 0 Å². The van der Waals surface area contributed by atoms with E-state index in [1.165, 1.54) is 5.75 Å². The first kappa shape index (κ1) is 15.7. The van der Waals surface area contributed by atoms with Gasteiger partial charge in [0.15, 0.2) is 0 Å². The Kier molecular flexibility index (Phi) is 7.95. The van der Waals surface area contributed by atoms with Crippen molar-refractivity contribution in [3.8, 4) is 0 Å². The Balaban J connectivity index is 0.000000147. The predicted octanol–water partition coefficient (Wildman–Crippen LogP) is 2.50. The number of aromatic nitrogens is 1. The third-order valence-corrected chi connectivity index (χ3v) is 3.89. The number of hydrogen-bond acceptors (Lipinski definition) is 6. The van der Waals surface area contributed by atoms with Crippen molar-refractivity contribution in [1.82, 2.24) is 10.0 Å². The van der Waals surface area contributed by atoms with Crippen molar-refractivity contribution in [1.29, 1.82) is 0 Å². The van der Waals surface area contributed by atoms with Crippen LogP contribution in [-0.4, -0.2) is 32.8 Å². The third kappa shape index (κ3) is 7.00. The fraction of sp³-hybridized carbons (Fsp3) is 0.250. The highest BCUT2D eigenvalue weighted by atomic mass is 33.1. The summed E-state index contributed by atoms with van der Waals surface area (Å²) in [4.78, 5) is 24.3. The molecule has 1 aromatic heterocycles. The fourth-order valence-corrected chi connectivity index (χ4v) is 2.65. The minimum atomic E-state index is -0.505. The maximum Gasteiger partial charge on any atom is 0.253 e. The van der Waals surface area contributed by atoms with Crippen molar-refractivity contribution in [2.45, 2.75) is 12.8 Å². The van der Waals surface area contributed by atoms with E-state index in [0.717, 1.165) is 0 Å². The summed E-state index contributed by atoms with van der Waals surface area (Å²) in [5, 5.41) is 10.7. The van der Waals surface area contributed by atoms with Crippen LogP contribution in [0.1, 0.15) is 12.8 Å². The molecule has 3 heterocycles. The molecular weight excluding hydrogens is 284 g/mol. The molecule has 0 spiro atoms. The average Bonchev–Trinajstić information content (AvgIpc) is 3.12. The van der Waals surface area contributed by atoms with Crippen molar-refractivity contribution in [3.05, 3.63) is 42.1 Å². The van der Waals surface area contributed by atoms with Crippen molar-refractivity contribution in [2.75, 3.05) is 5.75 Å². The first-order valence-corrected chi connectivity index (χ1v) is 7.93. The lowest BCUT2D eigenvalue weighted by Crippen LogP contribution is -2.24. The monoisotopic (exact) mass is 298 g/mol. The summed E-state index contributed by atoms with van der Waals surface area (Å²) >= 11 is 0. The number of amides is 2. The van der Waals surface area contributed by atoms with E-state index < -0.39 is 11.8 Å². The molecule has 0 unspecified atom stereocenters. The molecule has 1 fully saturated rings. The number of nitrogens with zero attached hydrogens (tertiary/aromatic N) is 2. The molecule has 2 aliphatic rings. The van der Waals surface area contributed by atoms with Gasteiger partial charge in [-0.25, -0.2) is 0 Å². The van der Waals surface area contributed by atoms with Gasteiger partial charge in [-0.15, -0.1) is 0 Å². The number of hydroxylamine groups is 2. The number of imide groups is 1. The summed E-state index contributed by atoms with van der Waals surface area (Å²) in [6, 6.07) is 5.72. The van der Waals surface area contributed by atoms with Gasteiger partial charge in [0.05, 0.1) is 0 Å². The summed E-state index contributed by atoms with van der Waals surface area (Å²) in [5.41, 5.74) is 0. The largest absolute Gasteiger partial charge is 0.279 e. The van der Waals surface area contributed by atoms with Crippen LogP contribution in [0.3, 0.4) is 0 Å². The minimum Gasteiger partial charge on any atom is -0.279 e. The zero-order valence-corrected chi connectivity index (χ0v) is 11.8. The lowest BCUT2D eigenvalue weighted by Gasteiger charge is -1.98. The van der Waals surface area contributed by atoms with Crippen molar-refractivity contribution >= 4 is 33.4 Å². The molecule has 1 aromatic rings. The Bertz CT molecular complexity index is 378. The topological polar surface area (TPSA) is 70.5 Å². The normalized spacial score (nSPS) is 16.6. The van der Waals surface area contributed by atoms with Crippen LogP contribution >= 0.6 is 21.6 Å². The van der Waals surface area contributed by atoms with Crippen LogP contribution in [0.15, 0.2) is 42.1 Å². The van der Waals surface area contributed by atoms with Crippen LogP contribution in [-0.2, 0) is 9.59 Å². The van der Waals surface area contributed by atoms with Gasteiger partial charge in [0.2, 0.25) is 0 Å². The van der Waals surface area contributed by atoms with Gasteiger partial charge in [-0.1, -0.05) is 33.7 Å². The van der Waals surface area contributed by atoms with E-state index in [0.29, 0.717) is 0 Å². The van der Waals surface area contributed by atoms with Gasteiger partial charge in [-0.2, -0.15) is 5.06 Å². The average molecular weight is 298 g/mol. The molecule has 2 amide bonds. The van der Waals surface area contributed by atoms with E-state index in [2.05, 4.69) is 16.5 Å². The van der Waals surface area contributed by atoms with Crippen molar-refractivity contribution in [2.24, 2.45) is 0 Å². The van der Waals surface area contributed by atoms with Gasteiger partial charge in [0.1, 0.15) is 0 Å². The van der Waals surface area contributed by atoms with Gasteiger partial charge >= 0.3 is 0 Å². The van der Waals surface area contributed by atoms with Crippen LogP contribution < -0.4 is 0 Å². The Morgan fingerprint density at radius 2 is 1.74 bits per heavy atom. The second kappa shape index (κ2) is 9.60. The molecule has 2 aliphatic heterocycles. The highest BCUT2D eigenvalue weighted by molar-refractivity contribution is 8.78. The van der Waals surface area contributed by atoms with Crippen LogP contribution in [0.25, 0.3) is 0 Å². The molecule has 0 atom stereocenters. The van der Waals surface area contributed by atoms with Gasteiger partial charge in [-0.05, 0) is 17.5 Å². The van der Waals surface area contributed by atoms with Gasteiger partial charge < -0.3 is 0 Å². The highest BCUT2D eigenvalue weighted by Gasteiger charge is 2.26. The molecule has 0 saturated carbocycles. The number of carbonyl (C=O) groups is 2. The zero-order valence-electron chi connectivity index (χ0n) is 10.1. The lowest BCUT2D eigenvalue weighted by atomic mass is 10.4. The van der Waals surface area contributed by atoms with Crippen molar-refractivity contribution in [3.63, 3.8) is 0 Å². The van der Waals surface area contributed by atoms with E-state index in [4.69, 9.17) is 5.21 Å². The quantitative estimate of drug-likeness (QED) is 0.451. The second-order valence-corrected chi connectivity index (χ2v) is 5.69. The maximum atomic E-state index is 10.2. The zero-order chi connectivity index (χ0) is 13.9. The summed E-state index contributed by atoms with van der Waals surface area (Å²) in [7, 11) is 3.69. The van der Waals surface area contributed by atoms with Crippen molar-refractivity contribution < 1.29 is 14.8 Å². The summed E-state index contributed by atoms with van der Waals surface area (Å²) in [5.74, 6) is 0.190. The van der Waals surface area contributed by atoms with Gasteiger partial charge in [-0.3, -0.25) is 19.8 Å². The molecule has 1 N–H and O–H groups in total. The molecule has 0 bridgehead atoms. The molecule has 102 valence electrons. The number of rotatable bonds is 0. The molecular formula is C12H14N2O3S2. The molecule has 19 heavy (non-hydrogen) atoms. The highest BCUT2D eigenvalue weighted by Crippen LogP contribution is 2.27. The van der Waals surface area contributed by atoms with E-state index >= 15 is 0 Å². The standard InChI is InChI=1S/C5H5N.C4H5NO3.C3H4S2/c1-2-4-6-5-3-1;6-3-1-2-4(7)5(3)8;1-2-4-5-3-1/h1-5H;8H,1-2H2;1-2H,3H2. The summed E-state index contributed by atoms with van der Waals surface area (Å²) in [6.45, 7) is 0. The minimum absolute atomic E-state index is 0.148. The Morgan fingerprint density at radius 1 is 1.11 bits per heavy atom. The number of carbonyl (C=O) groups excluding carboxylic acids is 2. The van der Waals surface area contributed by atoms with E-state index in [1.807, 2.05) is 39.8 Å². The second-order valence-electron chi connectivity index (χ2n) is 3.38. The van der Waals surface area contributed by atoms with Crippen LogP contribution in [0.5, 0.6) is 0 Å². The lowest BCUT2D eigenvalue weighted by molar-refractivity contribution is -0.171. The predicted molar refractivity (Wildman–Crippen MR) is 76.3 cm³/mol. The molecule has 0 radical (unpaired) electrons. The van der Waals surface area contributed by atoms with E-state index in [-0.39, 0.29) is 17.9 Å². The Hall–Kier alpha value is -1.31. The van der Waals surface area contributed by atoms with Gasteiger partial charge in [0, 0.05) is 31.0 Å². The van der Waals surface area contributed by atoms with E-state index in [1.54, 1.807) is 12.4 Å². The third-order valence-electron chi connectivity index (χ3n) is 1.98. The molecule has 0 aromatic carbocycles. The first-order chi connectivity index (χ1) is 9.22. The Labute approximate surface area is 119 Å². The maximum absolute atomic E-state index is 10.2. The number of hydrogen-bond donors (Lipinski definition) is 1. The van der Waals surface area contributed by atoms with Crippen LogP contribution in [0.4, 0.5) is 0 Å². The van der Waals surface area contributed by atoms with Crippen LogP contribution in [0.2, 0.25) is 0 Å². The molecule has 3 rings (SSSR count). The smallest absolute Gasteiger partial charge is 0.253 e. The number of pyridine rings is 1. The van der Waals surface area contributed by atoms with E-state index in [9.17, 15) is 9.59 Å². The molecule has 7 heteroatoms. The molecule has 1 saturated heterocycles. The summed E-state index contributed by atoms with van der Waals surface area (Å²) in [6.07, 6.45) is 5.96. The molecule has 5 nitrogen and oxygen atoms in total. The first-order valence-electron chi connectivity index (χ1n) is 5.54. The summed E-state index contributed by atoms with van der Waals surface area (Å²) < 4.78 is 0. The fourth-order valence-electron chi connectivity index (χ4n) is 1.07. The van der Waals surface area contributed by atoms with Gasteiger partial charge in [0.25, 0.3) is 11.8 Å².